The number of nitrogens with two attached hydrogens (primary N) is 1. The minimum absolute atomic E-state index is 0.0158. The molecule has 1 amide bonds. The Kier molecular flexibility index (Phi) is 2.27. The van der Waals surface area contributed by atoms with Crippen LogP contribution in [-0.4, -0.2) is 11.9 Å². The van der Waals surface area contributed by atoms with Crippen LogP contribution in [0.25, 0.3) is 0 Å². The van der Waals surface area contributed by atoms with E-state index in [1.165, 1.54) is 11.3 Å². The van der Waals surface area contributed by atoms with Crippen molar-refractivity contribution < 1.29 is 4.79 Å². The largest absolute Gasteiger partial charge is 0.347 e. The van der Waals surface area contributed by atoms with Crippen LogP contribution in [0.2, 0.25) is 4.34 Å². The van der Waals surface area contributed by atoms with Gasteiger partial charge in [0.1, 0.15) is 0 Å². The number of hydrogen-bond acceptors (Lipinski definition) is 3. The molecule has 0 aliphatic carbocycles. The Bertz CT molecular complexity index is 339. The highest BCUT2D eigenvalue weighted by Crippen LogP contribution is 2.31. The van der Waals surface area contributed by atoms with Gasteiger partial charge in [-0.15, -0.1) is 11.3 Å². The summed E-state index contributed by atoms with van der Waals surface area (Å²) in [6.45, 7) is 0. The molecule has 5 heteroatoms. The maximum absolute atomic E-state index is 11.0. The molecular formula is C8H9ClN2OS. The van der Waals surface area contributed by atoms with Gasteiger partial charge in [-0.25, -0.2) is 0 Å². The van der Waals surface area contributed by atoms with Gasteiger partial charge in [0.2, 0.25) is 5.91 Å². The van der Waals surface area contributed by atoms with E-state index in [2.05, 4.69) is 5.32 Å². The second kappa shape index (κ2) is 3.29. The first kappa shape index (κ1) is 8.99. The monoisotopic (exact) mass is 216 g/mol. The van der Waals surface area contributed by atoms with E-state index in [0.29, 0.717) is 6.42 Å². The first-order valence-electron chi connectivity index (χ1n) is 3.97. The van der Waals surface area contributed by atoms with E-state index < -0.39 is 0 Å². The van der Waals surface area contributed by atoms with Crippen LogP contribution < -0.4 is 11.1 Å². The molecular weight excluding hydrogens is 208 g/mol. The van der Waals surface area contributed by atoms with Gasteiger partial charge in [0, 0.05) is 17.3 Å². The van der Waals surface area contributed by atoms with Crippen LogP contribution in [0.4, 0.5) is 0 Å². The van der Waals surface area contributed by atoms with E-state index in [-0.39, 0.29) is 18.0 Å². The molecule has 1 unspecified atom stereocenters. The third-order valence-electron chi connectivity index (χ3n) is 2.07. The first-order chi connectivity index (χ1) is 6.16. The van der Waals surface area contributed by atoms with Crippen molar-refractivity contribution in [1.29, 1.82) is 0 Å². The highest BCUT2D eigenvalue weighted by molar-refractivity contribution is 7.16. The van der Waals surface area contributed by atoms with E-state index in [1.54, 1.807) is 0 Å². The maximum atomic E-state index is 11.0. The Balaban J connectivity index is 2.22. The Hall–Kier alpha value is -0.580. The lowest BCUT2D eigenvalue weighted by Crippen LogP contribution is -2.27. The number of halogens is 1. The summed E-state index contributed by atoms with van der Waals surface area (Å²) >= 11 is 7.25. The van der Waals surface area contributed by atoms with Crippen LogP contribution in [0, 0.1) is 0 Å². The summed E-state index contributed by atoms with van der Waals surface area (Å²) in [4.78, 5) is 12.1. The Morgan fingerprint density at radius 3 is 2.85 bits per heavy atom. The van der Waals surface area contributed by atoms with Crippen LogP contribution >= 0.6 is 22.9 Å². The summed E-state index contributed by atoms with van der Waals surface area (Å²) < 4.78 is 0.725. The smallest absolute Gasteiger partial charge is 0.222 e. The third kappa shape index (κ3) is 1.70. The Morgan fingerprint density at radius 2 is 2.38 bits per heavy atom. The molecule has 1 saturated heterocycles. The molecule has 0 radical (unpaired) electrons. The van der Waals surface area contributed by atoms with Crippen LogP contribution in [0.15, 0.2) is 12.1 Å². The number of carbonyl (C=O) groups is 1. The van der Waals surface area contributed by atoms with Crippen molar-refractivity contribution in [3.63, 3.8) is 0 Å². The molecule has 3 N–H and O–H groups in total. The lowest BCUT2D eigenvalue weighted by Gasteiger charge is -2.11. The zero-order valence-electron chi connectivity index (χ0n) is 6.79. The van der Waals surface area contributed by atoms with Crippen LogP contribution in [0.3, 0.4) is 0 Å². The summed E-state index contributed by atoms with van der Waals surface area (Å²) in [6.07, 6.45) is 0.403. The highest BCUT2D eigenvalue weighted by atomic mass is 35.5. The maximum Gasteiger partial charge on any atom is 0.222 e. The predicted molar refractivity (Wildman–Crippen MR) is 52.8 cm³/mol. The molecule has 2 atom stereocenters. The SMILES string of the molecule is N[C@H]1CC(=O)NC1c1ccc(Cl)s1. The number of nitrogens with one attached hydrogen (secondary N) is 1. The Morgan fingerprint density at radius 1 is 1.62 bits per heavy atom. The van der Waals surface area contributed by atoms with Crippen molar-refractivity contribution in [1.82, 2.24) is 5.32 Å². The molecule has 1 aromatic rings. The van der Waals surface area contributed by atoms with Crippen molar-refractivity contribution >= 4 is 28.8 Å². The van der Waals surface area contributed by atoms with E-state index in [9.17, 15) is 4.79 Å². The molecule has 0 bridgehead atoms. The third-order valence-corrected chi connectivity index (χ3v) is 3.38. The fourth-order valence-electron chi connectivity index (χ4n) is 1.45. The van der Waals surface area contributed by atoms with E-state index in [0.717, 1.165) is 9.21 Å². The minimum atomic E-state index is -0.123. The molecule has 1 fully saturated rings. The molecule has 13 heavy (non-hydrogen) atoms. The molecule has 0 aromatic carbocycles. The predicted octanol–water partition coefficient (Wildman–Crippen LogP) is 1.29. The van der Waals surface area contributed by atoms with Gasteiger partial charge in [-0.1, -0.05) is 11.6 Å². The standard InChI is InChI=1S/C8H9ClN2OS/c9-6-2-1-5(13-6)8-4(10)3-7(12)11-8/h1-2,4,8H,3,10H2,(H,11,12)/t4-,8?/m0/s1. The number of amides is 1. The number of rotatable bonds is 1. The van der Waals surface area contributed by atoms with Crippen LogP contribution in [0.5, 0.6) is 0 Å². The molecule has 3 nitrogen and oxygen atoms in total. The molecule has 2 rings (SSSR count). The number of thiophene rings is 1. The lowest BCUT2D eigenvalue weighted by atomic mass is 10.1. The van der Waals surface area contributed by atoms with Gasteiger partial charge in [-0.05, 0) is 12.1 Å². The van der Waals surface area contributed by atoms with Crippen LogP contribution in [-0.2, 0) is 4.79 Å². The fourth-order valence-corrected chi connectivity index (χ4v) is 2.64. The van der Waals surface area contributed by atoms with Gasteiger partial charge in [-0.2, -0.15) is 0 Å². The summed E-state index contributed by atoms with van der Waals surface area (Å²) in [5.74, 6) is 0.0158. The van der Waals surface area contributed by atoms with Crippen molar-refractivity contribution in [3.05, 3.63) is 21.3 Å². The lowest BCUT2D eigenvalue weighted by molar-refractivity contribution is -0.119. The van der Waals surface area contributed by atoms with Crippen molar-refractivity contribution in [2.24, 2.45) is 5.73 Å². The summed E-state index contributed by atoms with van der Waals surface area (Å²) in [6, 6.07) is 3.55. The second-order valence-corrected chi connectivity index (χ2v) is 4.80. The summed E-state index contributed by atoms with van der Waals surface area (Å²) in [5, 5.41) is 2.82. The van der Waals surface area contributed by atoms with Gasteiger partial charge in [0.15, 0.2) is 0 Å². The second-order valence-electron chi connectivity index (χ2n) is 3.06. The van der Waals surface area contributed by atoms with Crippen LogP contribution in [0.1, 0.15) is 17.3 Å². The van der Waals surface area contributed by atoms with E-state index in [4.69, 9.17) is 17.3 Å². The number of hydrogen-bond donors (Lipinski definition) is 2. The van der Waals surface area contributed by atoms with Crippen molar-refractivity contribution in [2.75, 3.05) is 0 Å². The number of carbonyl (C=O) groups excluding carboxylic acids is 1. The zero-order valence-corrected chi connectivity index (χ0v) is 8.36. The summed E-state index contributed by atoms with van der Waals surface area (Å²) in [7, 11) is 0. The average Bonchev–Trinajstić information content (AvgIpc) is 2.58. The molecule has 0 saturated carbocycles. The summed E-state index contributed by atoms with van der Waals surface area (Å²) in [5.41, 5.74) is 5.79. The van der Waals surface area contributed by atoms with E-state index in [1.807, 2.05) is 12.1 Å². The van der Waals surface area contributed by atoms with Gasteiger partial charge in [-0.3, -0.25) is 4.79 Å². The topological polar surface area (TPSA) is 55.1 Å². The highest BCUT2D eigenvalue weighted by Gasteiger charge is 2.31. The zero-order chi connectivity index (χ0) is 9.42. The van der Waals surface area contributed by atoms with Gasteiger partial charge in [0.25, 0.3) is 0 Å². The van der Waals surface area contributed by atoms with Crippen molar-refractivity contribution in [3.8, 4) is 0 Å². The fraction of sp³-hybridized carbons (Fsp3) is 0.375. The minimum Gasteiger partial charge on any atom is -0.347 e. The molecule has 70 valence electrons. The van der Waals surface area contributed by atoms with Gasteiger partial charge >= 0.3 is 0 Å². The average molecular weight is 217 g/mol. The molecule has 0 spiro atoms. The van der Waals surface area contributed by atoms with Gasteiger partial charge in [0.05, 0.1) is 10.4 Å². The molecule has 1 aliphatic heterocycles. The van der Waals surface area contributed by atoms with Gasteiger partial charge < -0.3 is 11.1 Å². The van der Waals surface area contributed by atoms with Crippen molar-refractivity contribution in [2.45, 2.75) is 18.5 Å². The molecule has 1 aliphatic rings. The quantitative estimate of drug-likeness (QED) is 0.744. The van der Waals surface area contributed by atoms with E-state index >= 15 is 0 Å². The normalized spacial score (nSPS) is 27.7. The molecule has 1 aromatic heterocycles. The Labute approximate surface area is 84.9 Å². The molecule has 2 heterocycles. The first-order valence-corrected chi connectivity index (χ1v) is 5.16.